The van der Waals surface area contributed by atoms with Crippen molar-refractivity contribution in [3.05, 3.63) is 48.0 Å². The van der Waals surface area contributed by atoms with Gasteiger partial charge in [0.15, 0.2) is 0 Å². The molecule has 3 nitrogen and oxygen atoms in total. The molecule has 0 saturated carbocycles. The molecular weight excluding hydrogens is 260 g/mol. The Balaban J connectivity index is 1.73. The summed E-state index contributed by atoms with van der Waals surface area (Å²) >= 11 is 0. The van der Waals surface area contributed by atoms with E-state index in [0.717, 1.165) is 32.6 Å². The molecule has 0 spiro atoms. The minimum Gasteiger partial charge on any atom is -0.392 e. The highest BCUT2D eigenvalue weighted by Gasteiger charge is 2.25. The first-order valence-corrected chi connectivity index (χ1v) is 7.85. The van der Waals surface area contributed by atoms with Crippen molar-refractivity contribution in [1.82, 2.24) is 10.2 Å². The summed E-state index contributed by atoms with van der Waals surface area (Å²) < 4.78 is 0. The van der Waals surface area contributed by atoms with Gasteiger partial charge >= 0.3 is 0 Å². The lowest BCUT2D eigenvalue weighted by molar-refractivity contribution is 0.0460. The van der Waals surface area contributed by atoms with Crippen LogP contribution in [0.5, 0.6) is 0 Å². The van der Waals surface area contributed by atoms with Crippen molar-refractivity contribution >= 4 is 10.8 Å². The molecule has 1 heterocycles. The van der Waals surface area contributed by atoms with Crippen LogP contribution in [0.2, 0.25) is 0 Å². The molecule has 0 radical (unpaired) electrons. The molecule has 3 rings (SSSR count). The van der Waals surface area contributed by atoms with Gasteiger partial charge in [-0.25, -0.2) is 0 Å². The highest BCUT2D eigenvalue weighted by atomic mass is 16.3. The second kappa shape index (κ2) is 6.56. The first kappa shape index (κ1) is 14.5. The smallest absolute Gasteiger partial charge is 0.0679 e. The van der Waals surface area contributed by atoms with E-state index in [0.29, 0.717) is 0 Å². The van der Waals surface area contributed by atoms with Crippen molar-refractivity contribution in [2.75, 3.05) is 26.2 Å². The van der Waals surface area contributed by atoms with Crippen LogP contribution in [0.15, 0.2) is 42.5 Å². The quantitative estimate of drug-likeness (QED) is 0.902. The average molecular weight is 284 g/mol. The molecule has 112 valence electrons. The Morgan fingerprint density at radius 1 is 1.24 bits per heavy atom. The zero-order valence-electron chi connectivity index (χ0n) is 12.6. The minimum absolute atomic E-state index is 0.230. The Bertz CT molecular complexity index is 591. The second-order valence-electron chi connectivity index (χ2n) is 5.94. The third-order valence-corrected chi connectivity index (χ3v) is 4.50. The monoisotopic (exact) mass is 284 g/mol. The molecule has 1 fully saturated rings. The SMILES string of the molecule is CC(O)[C@H]1CNCCN1CCc1cccc2ccccc12. The summed E-state index contributed by atoms with van der Waals surface area (Å²) in [7, 11) is 0. The molecular formula is C18H24N2O. The zero-order chi connectivity index (χ0) is 14.7. The Hall–Kier alpha value is -1.42. The summed E-state index contributed by atoms with van der Waals surface area (Å²) in [6.07, 6.45) is 0.746. The van der Waals surface area contributed by atoms with Crippen LogP contribution in [0, 0.1) is 0 Å². The topological polar surface area (TPSA) is 35.5 Å². The standard InChI is InChI=1S/C18H24N2O/c1-14(21)18-13-19-10-12-20(18)11-9-16-7-4-6-15-5-2-3-8-17(15)16/h2-8,14,18-19,21H,9-13H2,1H3/t14?,18-/m1/s1. The van der Waals surface area contributed by atoms with Gasteiger partial charge in [0.25, 0.3) is 0 Å². The van der Waals surface area contributed by atoms with Crippen molar-refractivity contribution in [3.8, 4) is 0 Å². The van der Waals surface area contributed by atoms with Crippen LogP contribution in [0.4, 0.5) is 0 Å². The molecule has 2 atom stereocenters. The summed E-state index contributed by atoms with van der Waals surface area (Å²) in [6, 6.07) is 15.3. The molecule has 0 aliphatic carbocycles. The third-order valence-electron chi connectivity index (χ3n) is 4.50. The van der Waals surface area contributed by atoms with Gasteiger partial charge < -0.3 is 10.4 Å². The van der Waals surface area contributed by atoms with E-state index in [9.17, 15) is 5.11 Å². The molecule has 1 saturated heterocycles. The zero-order valence-corrected chi connectivity index (χ0v) is 12.6. The van der Waals surface area contributed by atoms with Crippen molar-refractivity contribution < 1.29 is 5.11 Å². The van der Waals surface area contributed by atoms with Crippen LogP contribution in [-0.2, 0) is 6.42 Å². The first-order chi connectivity index (χ1) is 10.3. The van der Waals surface area contributed by atoms with Gasteiger partial charge in [-0.15, -0.1) is 0 Å². The molecule has 2 aromatic carbocycles. The Kier molecular flexibility index (Phi) is 4.54. The number of piperazine rings is 1. The predicted octanol–water partition coefficient (Wildman–Crippen LogP) is 2.04. The second-order valence-corrected chi connectivity index (χ2v) is 5.94. The highest BCUT2D eigenvalue weighted by Crippen LogP contribution is 2.20. The van der Waals surface area contributed by atoms with Crippen molar-refractivity contribution in [1.29, 1.82) is 0 Å². The summed E-state index contributed by atoms with van der Waals surface area (Å²) in [5, 5.41) is 16.0. The lowest BCUT2D eigenvalue weighted by atomic mass is 10.0. The predicted molar refractivity (Wildman–Crippen MR) is 87.6 cm³/mol. The fourth-order valence-electron chi connectivity index (χ4n) is 3.30. The van der Waals surface area contributed by atoms with Crippen molar-refractivity contribution in [3.63, 3.8) is 0 Å². The minimum atomic E-state index is -0.287. The largest absolute Gasteiger partial charge is 0.392 e. The van der Waals surface area contributed by atoms with Gasteiger partial charge in [0, 0.05) is 32.2 Å². The number of benzene rings is 2. The van der Waals surface area contributed by atoms with Crippen LogP contribution in [0.25, 0.3) is 10.8 Å². The van der Waals surface area contributed by atoms with Crippen LogP contribution >= 0.6 is 0 Å². The number of rotatable bonds is 4. The number of fused-ring (bicyclic) bond motifs is 1. The lowest BCUT2D eigenvalue weighted by Crippen LogP contribution is -2.56. The number of hydrogen-bond acceptors (Lipinski definition) is 3. The van der Waals surface area contributed by atoms with Gasteiger partial charge in [0.2, 0.25) is 0 Å². The molecule has 1 unspecified atom stereocenters. The molecule has 2 aromatic rings. The summed E-state index contributed by atoms with van der Waals surface area (Å²) in [4.78, 5) is 2.42. The first-order valence-electron chi connectivity index (χ1n) is 7.85. The van der Waals surface area contributed by atoms with E-state index in [1.165, 1.54) is 16.3 Å². The average Bonchev–Trinajstić information content (AvgIpc) is 2.53. The molecule has 0 aromatic heterocycles. The van der Waals surface area contributed by atoms with Gasteiger partial charge in [-0.1, -0.05) is 42.5 Å². The lowest BCUT2D eigenvalue weighted by Gasteiger charge is -2.38. The number of nitrogens with zero attached hydrogens (tertiary/aromatic N) is 1. The number of hydrogen-bond donors (Lipinski definition) is 2. The molecule has 1 aliphatic rings. The number of aliphatic hydroxyl groups is 1. The van der Waals surface area contributed by atoms with Gasteiger partial charge in [-0.05, 0) is 29.7 Å². The van der Waals surface area contributed by atoms with E-state index in [1.54, 1.807) is 0 Å². The number of aliphatic hydroxyl groups excluding tert-OH is 1. The van der Waals surface area contributed by atoms with Gasteiger partial charge in [-0.2, -0.15) is 0 Å². The van der Waals surface area contributed by atoms with Crippen LogP contribution in [0.1, 0.15) is 12.5 Å². The summed E-state index contributed by atoms with van der Waals surface area (Å²) in [6.45, 7) is 5.81. The van der Waals surface area contributed by atoms with E-state index < -0.39 is 0 Å². The normalized spacial score (nSPS) is 21.5. The van der Waals surface area contributed by atoms with Crippen molar-refractivity contribution in [2.45, 2.75) is 25.5 Å². The van der Waals surface area contributed by atoms with Crippen LogP contribution < -0.4 is 5.32 Å². The fraction of sp³-hybridized carbons (Fsp3) is 0.444. The molecule has 0 amide bonds. The Morgan fingerprint density at radius 2 is 2.05 bits per heavy atom. The molecule has 1 aliphatic heterocycles. The van der Waals surface area contributed by atoms with Gasteiger partial charge in [0.05, 0.1) is 6.10 Å². The van der Waals surface area contributed by atoms with E-state index in [-0.39, 0.29) is 12.1 Å². The summed E-state index contributed by atoms with van der Waals surface area (Å²) in [5.74, 6) is 0. The maximum atomic E-state index is 9.93. The summed E-state index contributed by atoms with van der Waals surface area (Å²) in [5.41, 5.74) is 1.40. The molecule has 3 heteroatoms. The van der Waals surface area contributed by atoms with E-state index in [2.05, 4.69) is 52.7 Å². The Labute approximate surface area is 126 Å². The van der Waals surface area contributed by atoms with Gasteiger partial charge in [0.1, 0.15) is 0 Å². The van der Waals surface area contributed by atoms with Gasteiger partial charge in [-0.3, -0.25) is 4.90 Å². The molecule has 21 heavy (non-hydrogen) atoms. The molecule has 2 N–H and O–H groups in total. The maximum Gasteiger partial charge on any atom is 0.0679 e. The van der Waals surface area contributed by atoms with E-state index in [4.69, 9.17) is 0 Å². The van der Waals surface area contributed by atoms with Crippen molar-refractivity contribution in [2.24, 2.45) is 0 Å². The maximum absolute atomic E-state index is 9.93. The van der Waals surface area contributed by atoms with Crippen LogP contribution in [0.3, 0.4) is 0 Å². The fourth-order valence-corrected chi connectivity index (χ4v) is 3.30. The Morgan fingerprint density at radius 3 is 2.90 bits per heavy atom. The van der Waals surface area contributed by atoms with E-state index >= 15 is 0 Å². The van der Waals surface area contributed by atoms with Crippen LogP contribution in [-0.4, -0.2) is 48.3 Å². The highest BCUT2D eigenvalue weighted by molar-refractivity contribution is 5.85. The van der Waals surface area contributed by atoms with E-state index in [1.807, 2.05) is 6.92 Å². The molecule has 0 bridgehead atoms. The third kappa shape index (κ3) is 3.26. The number of nitrogens with one attached hydrogen (secondary N) is 1.